The smallest absolute Gasteiger partial charge is 0.411 e. The summed E-state index contributed by atoms with van der Waals surface area (Å²) in [6, 6.07) is -1.75. The van der Waals surface area contributed by atoms with Crippen LogP contribution in [0.25, 0.3) is 0 Å². The number of alkyl halides is 3. The molecule has 0 saturated heterocycles. The molecule has 0 heterocycles. The standard InChI is InChI=1S/C10H15F3N2O3/c1-5(7(16)17)6(2)14-8(18)15-9(3-4-9)10(11,12)13/h5-6H,3-4H2,1-2H3,(H,16,17)(H2,14,15,18). The van der Waals surface area contributed by atoms with E-state index >= 15 is 0 Å². The molecule has 0 aromatic heterocycles. The lowest BCUT2D eigenvalue weighted by Gasteiger charge is -2.23. The highest BCUT2D eigenvalue weighted by molar-refractivity contribution is 5.77. The number of hydrogen-bond donors (Lipinski definition) is 3. The first-order chi connectivity index (χ1) is 8.09. The molecular weight excluding hydrogens is 253 g/mol. The first kappa shape index (κ1) is 14.6. The Kier molecular flexibility index (Phi) is 3.78. The van der Waals surface area contributed by atoms with Gasteiger partial charge >= 0.3 is 18.2 Å². The minimum absolute atomic E-state index is 0.146. The lowest BCUT2D eigenvalue weighted by Crippen LogP contribution is -2.54. The Hall–Kier alpha value is -1.47. The number of carbonyl (C=O) groups is 2. The summed E-state index contributed by atoms with van der Waals surface area (Å²) in [5.41, 5.74) is -2.14. The fourth-order valence-electron chi connectivity index (χ4n) is 1.40. The van der Waals surface area contributed by atoms with Crippen LogP contribution in [0.1, 0.15) is 26.7 Å². The zero-order valence-electron chi connectivity index (χ0n) is 9.97. The van der Waals surface area contributed by atoms with Crippen molar-refractivity contribution in [3.63, 3.8) is 0 Å². The van der Waals surface area contributed by atoms with Crippen molar-refractivity contribution < 1.29 is 27.9 Å². The summed E-state index contributed by atoms with van der Waals surface area (Å²) in [6.45, 7) is 2.79. The number of rotatable bonds is 4. The van der Waals surface area contributed by atoms with E-state index in [1.54, 1.807) is 0 Å². The number of aliphatic carboxylic acids is 1. The summed E-state index contributed by atoms with van der Waals surface area (Å²) >= 11 is 0. The number of halogens is 3. The van der Waals surface area contributed by atoms with E-state index in [0.29, 0.717) is 0 Å². The van der Waals surface area contributed by atoms with Gasteiger partial charge in [0.25, 0.3) is 0 Å². The lowest BCUT2D eigenvalue weighted by atomic mass is 10.0. The van der Waals surface area contributed by atoms with Crippen molar-refractivity contribution in [2.45, 2.75) is 44.4 Å². The average molecular weight is 268 g/mol. The van der Waals surface area contributed by atoms with E-state index in [1.807, 2.05) is 5.32 Å². The van der Waals surface area contributed by atoms with Crippen LogP contribution in [-0.2, 0) is 4.79 Å². The molecule has 1 aliphatic rings. The van der Waals surface area contributed by atoms with Crippen LogP contribution in [0.4, 0.5) is 18.0 Å². The topological polar surface area (TPSA) is 78.4 Å². The second-order valence-corrected chi connectivity index (χ2v) is 4.59. The van der Waals surface area contributed by atoms with Gasteiger partial charge in [0.15, 0.2) is 0 Å². The predicted molar refractivity (Wildman–Crippen MR) is 55.9 cm³/mol. The Balaban J connectivity index is 2.51. The van der Waals surface area contributed by atoms with Gasteiger partial charge in [0, 0.05) is 6.04 Å². The monoisotopic (exact) mass is 268 g/mol. The normalized spacial score (nSPS) is 20.7. The quantitative estimate of drug-likeness (QED) is 0.722. The van der Waals surface area contributed by atoms with Crippen molar-refractivity contribution in [1.82, 2.24) is 10.6 Å². The fraction of sp³-hybridized carbons (Fsp3) is 0.800. The molecule has 0 aliphatic heterocycles. The molecule has 0 bridgehead atoms. The lowest BCUT2D eigenvalue weighted by molar-refractivity contribution is -0.162. The molecule has 0 spiro atoms. The van der Waals surface area contributed by atoms with Crippen molar-refractivity contribution in [2.24, 2.45) is 5.92 Å². The molecule has 2 atom stereocenters. The van der Waals surface area contributed by atoms with Crippen molar-refractivity contribution in [2.75, 3.05) is 0 Å². The number of nitrogens with one attached hydrogen (secondary N) is 2. The van der Waals surface area contributed by atoms with Gasteiger partial charge in [-0.3, -0.25) is 4.79 Å². The summed E-state index contributed by atoms with van der Waals surface area (Å²) in [5.74, 6) is -2.00. The molecule has 0 aromatic rings. The van der Waals surface area contributed by atoms with E-state index in [4.69, 9.17) is 5.11 Å². The van der Waals surface area contributed by atoms with Gasteiger partial charge in [-0.25, -0.2) is 4.79 Å². The van der Waals surface area contributed by atoms with E-state index in [-0.39, 0.29) is 12.8 Å². The Morgan fingerprint density at radius 1 is 1.28 bits per heavy atom. The second-order valence-electron chi connectivity index (χ2n) is 4.59. The van der Waals surface area contributed by atoms with E-state index < -0.39 is 35.7 Å². The molecule has 2 amide bonds. The van der Waals surface area contributed by atoms with Crippen LogP contribution in [0, 0.1) is 5.92 Å². The summed E-state index contributed by atoms with van der Waals surface area (Å²) < 4.78 is 37.6. The molecule has 104 valence electrons. The molecule has 1 fully saturated rings. The molecule has 1 rings (SSSR count). The molecule has 5 nitrogen and oxygen atoms in total. The van der Waals surface area contributed by atoms with E-state index in [2.05, 4.69) is 5.32 Å². The third-order valence-corrected chi connectivity index (χ3v) is 3.14. The minimum atomic E-state index is -4.48. The van der Waals surface area contributed by atoms with Gasteiger partial charge in [-0.1, -0.05) is 0 Å². The number of hydrogen-bond acceptors (Lipinski definition) is 2. The highest BCUT2D eigenvalue weighted by Crippen LogP contribution is 2.48. The Labute approximate surface area is 102 Å². The second kappa shape index (κ2) is 4.66. The molecule has 3 N–H and O–H groups in total. The molecule has 18 heavy (non-hydrogen) atoms. The van der Waals surface area contributed by atoms with Crippen LogP contribution in [0.3, 0.4) is 0 Å². The number of carboxylic acid groups (broad SMARTS) is 1. The predicted octanol–water partition coefficient (Wildman–Crippen LogP) is 1.49. The summed E-state index contributed by atoms with van der Waals surface area (Å²) in [7, 11) is 0. The SMILES string of the molecule is CC(NC(=O)NC1(C(F)(F)F)CC1)C(C)C(=O)O. The maximum Gasteiger partial charge on any atom is 0.411 e. The maximum atomic E-state index is 12.5. The third kappa shape index (κ3) is 3.05. The zero-order chi connectivity index (χ0) is 14.1. The highest BCUT2D eigenvalue weighted by Gasteiger charge is 2.64. The van der Waals surface area contributed by atoms with Crippen LogP contribution >= 0.6 is 0 Å². The number of urea groups is 1. The van der Waals surface area contributed by atoms with Crippen molar-refractivity contribution >= 4 is 12.0 Å². The zero-order valence-corrected chi connectivity index (χ0v) is 9.97. The van der Waals surface area contributed by atoms with Gasteiger partial charge < -0.3 is 15.7 Å². The summed E-state index contributed by atoms with van der Waals surface area (Å²) in [4.78, 5) is 22.0. The number of carbonyl (C=O) groups excluding carboxylic acids is 1. The Morgan fingerprint density at radius 2 is 1.78 bits per heavy atom. The highest BCUT2D eigenvalue weighted by atomic mass is 19.4. The van der Waals surface area contributed by atoms with E-state index in [0.717, 1.165) is 0 Å². The molecule has 1 saturated carbocycles. The summed E-state index contributed by atoms with van der Waals surface area (Å²) in [6.07, 6.45) is -4.77. The molecule has 0 radical (unpaired) electrons. The van der Waals surface area contributed by atoms with Gasteiger partial charge in [-0.15, -0.1) is 0 Å². The van der Waals surface area contributed by atoms with Crippen LogP contribution in [0.5, 0.6) is 0 Å². The molecule has 0 aromatic carbocycles. The van der Waals surface area contributed by atoms with Gasteiger partial charge in [0.1, 0.15) is 5.54 Å². The minimum Gasteiger partial charge on any atom is -0.481 e. The fourth-order valence-corrected chi connectivity index (χ4v) is 1.40. The van der Waals surface area contributed by atoms with Gasteiger partial charge in [0.05, 0.1) is 5.92 Å². The average Bonchev–Trinajstić information content (AvgIpc) is 2.96. The third-order valence-electron chi connectivity index (χ3n) is 3.14. The van der Waals surface area contributed by atoms with Crippen LogP contribution in [0.15, 0.2) is 0 Å². The maximum absolute atomic E-state index is 12.5. The van der Waals surface area contributed by atoms with Crippen LogP contribution in [0.2, 0.25) is 0 Å². The van der Waals surface area contributed by atoms with Crippen LogP contribution < -0.4 is 10.6 Å². The van der Waals surface area contributed by atoms with Crippen molar-refractivity contribution in [3.05, 3.63) is 0 Å². The number of amides is 2. The van der Waals surface area contributed by atoms with Crippen molar-refractivity contribution in [1.29, 1.82) is 0 Å². The van der Waals surface area contributed by atoms with Crippen LogP contribution in [-0.4, -0.2) is 34.9 Å². The Bertz CT molecular complexity index is 353. The molecular formula is C10H15F3N2O3. The van der Waals surface area contributed by atoms with Gasteiger partial charge in [-0.2, -0.15) is 13.2 Å². The van der Waals surface area contributed by atoms with E-state index in [1.165, 1.54) is 13.8 Å². The molecule has 1 aliphatic carbocycles. The Morgan fingerprint density at radius 3 is 2.11 bits per heavy atom. The van der Waals surface area contributed by atoms with Gasteiger partial charge in [0.2, 0.25) is 0 Å². The van der Waals surface area contributed by atoms with Gasteiger partial charge in [-0.05, 0) is 26.7 Å². The first-order valence-electron chi connectivity index (χ1n) is 5.47. The largest absolute Gasteiger partial charge is 0.481 e. The molecule has 2 unspecified atom stereocenters. The first-order valence-corrected chi connectivity index (χ1v) is 5.47. The molecule has 8 heteroatoms. The van der Waals surface area contributed by atoms with E-state index in [9.17, 15) is 22.8 Å². The number of carboxylic acids is 1. The summed E-state index contributed by atoms with van der Waals surface area (Å²) in [5, 5.41) is 12.8. The van der Waals surface area contributed by atoms with Crippen molar-refractivity contribution in [3.8, 4) is 0 Å².